The lowest BCUT2D eigenvalue weighted by Crippen LogP contribution is -2.16. The standard InChI is InChI=1S/C13H19NO2/c1-14-12-7-6-10(8-12)9-16-13(15)11-4-2-3-5-11/h6-7,11,14H,2-5,8-9H2,1H3. The van der Waals surface area contributed by atoms with Crippen LogP contribution < -0.4 is 5.32 Å². The third kappa shape index (κ3) is 2.65. The van der Waals surface area contributed by atoms with Crippen LogP contribution in [0.25, 0.3) is 0 Å². The molecule has 1 N–H and O–H groups in total. The Morgan fingerprint density at radius 1 is 1.44 bits per heavy atom. The minimum absolute atomic E-state index is 0.00342. The molecule has 0 aromatic carbocycles. The molecule has 0 aromatic rings. The van der Waals surface area contributed by atoms with E-state index in [0.717, 1.165) is 19.3 Å². The predicted octanol–water partition coefficient (Wildman–Crippen LogP) is 2.15. The highest BCUT2D eigenvalue weighted by molar-refractivity contribution is 5.72. The number of ether oxygens (including phenoxy) is 1. The summed E-state index contributed by atoms with van der Waals surface area (Å²) in [6.45, 7) is 0.455. The summed E-state index contributed by atoms with van der Waals surface area (Å²) in [7, 11) is 1.91. The van der Waals surface area contributed by atoms with Gasteiger partial charge in [0.2, 0.25) is 0 Å². The van der Waals surface area contributed by atoms with Crippen LogP contribution in [0.15, 0.2) is 23.4 Å². The van der Waals surface area contributed by atoms with E-state index >= 15 is 0 Å². The number of nitrogens with one attached hydrogen (secondary N) is 1. The first kappa shape index (κ1) is 11.2. The molecule has 2 rings (SSSR count). The number of hydrogen-bond donors (Lipinski definition) is 1. The normalized spacial score (nSPS) is 20.6. The van der Waals surface area contributed by atoms with Crippen LogP contribution in [0, 0.1) is 5.92 Å². The molecule has 3 nitrogen and oxygen atoms in total. The summed E-state index contributed by atoms with van der Waals surface area (Å²) in [5, 5.41) is 3.11. The van der Waals surface area contributed by atoms with Crippen LogP contribution in [0.2, 0.25) is 0 Å². The third-order valence-corrected chi connectivity index (χ3v) is 3.35. The zero-order valence-corrected chi connectivity index (χ0v) is 9.79. The third-order valence-electron chi connectivity index (χ3n) is 3.35. The van der Waals surface area contributed by atoms with Crippen molar-refractivity contribution in [2.45, 2.75) is 32.1 Å². The van der Waals surface area contributed by atoms with Gasteiger partial charge in [-0.1, -0.05) is 18.9 Å². The van der Waals surface area contributed by atoms with Gasteiger partial charge in [-0.25, -0.2) is 0 Å². The first-order chi connectivity index (χ1) is 7.79. The second-order valence-electron chi connectivity index (χ2n) is 4.53. The number of carbonyl (C=O) groups excluding carboxylic acids is 1. The van der Waals surface area contributed by atoms with E-state index in [1.807, 2.05) is 19.2 Å². The van der Waals surface area contributed by atoms with E-state index in [-0.39, 0.29) is 11.9 Å². The molecule has 0 atom stereocenters. The molecule has 88 valence electrons. The van der Waals surface area contributed by atoms with Gasteiger partial charge in [-0.05, 0) is 24.5 Å². The van der Waals surface area contributed by atoms with Crippen molar-refractivity contribution in [1.29, 1.82) is 0 Å². The molecule has 3 heteroatoms. The second-order valence-corrected chi connectivity index (χ2v) is 4.53. The fourth-order valence-electron chi connectivity index (χ4n) is 2.29. The number of rotatable bonds is 4. The van der Waals surface area contributed by atoms with Gasteiger partial charge in [0.1, 0.15) is 6.61 Å². The quantitative estimate of drug-likeness (QED) is 0.739. The van der Waals surface area contributed by atoms with Crippen molar-refractivity contribution in [3.63, 3.8) is 0 Å². The Labute approximate surface area is 96.6 Å². The maximum absolute atomic E-state index is 11.7. The largest absolute Gasteiger partial charge is 0.461 e. The molecule has 0 radical (unpaired) electrons. The van der Waals surface area contributed by atoms with Gasteiger partial charge in [0, 0.05) is 19.2 Å². The maximum Gasteiger partial charge on any atom is 0.309 e. The van der Waals surface area contributed by atoms with Crippen LogP contribution in [0.5, 0.6) is 0 Å². The average molecular weight is 221 g/mol. The van der Waals surface area contributed by atoms with Crippen molar-refractivity contribution in [1.82, 2.24) is 5.32 Å². The van der Waals surface area contributed by atoms with Gasteiger partial charge in [-0.2, -0.15) is 0 Å². The van der Waals surface area contributed by atoms with E-state index in [1.54, 1.807) is 0 Å². The van der Waals surface area contributed by atoms with Crippen molar-refractivity contribution >= 4 is 5.97 Å². The first-order valence-electron chi connectivity index (χ1n) is 6.02. The molecule has 0 unspecified atom stereocenters. The van der Waals surface area contributed by atoms with E-state index in [1.165, 1.54) is 24.1 Å². The zero-order chi connectivity index (χ0) is 11.4. The molecule has 0 amide bonds. The number of allylic oxidation sites excluding steroid dienone is 3. The lowest BCUT2D eigenvalue weighted by molar-refractivity contribution is -0.147. The van der Waals surface area contributed by atoms with Gasteiger partial charge >= 0.3 is 5.97 Å². The summed E-state index contributed by atoms with van der Waals surface area (Å²) in [6.07, 6.45) is 9.33. The van der Waals surface area contributed by atoms with Gasteiger partial charge < -0.3 is 10.1 Å². The molecular weight excluding hydrogens is 202 g/mol. The Bertz CT molecular complexity index is 325. The van der Waals surface area contributed by atoms with Gasteiger partial charge in [0.05, 0.1) is 5.92 Å². The summed E-state index contributed by atoms with van der Waals surface area (Å²) < 4.78 is 5.33. The highest BCUT2D eigenvalue weighted by atomic mass is 16.5. The molecule has 1 fully saturated rings. The van der Waals surface area contributed by atoms with Gasteiger partial charge in [-0.3, -0.25) is 4.79 Å². The minimum Gasteiger partial charge on any atom is -0.461 e. The summed E-state index contributed by atoms with van der Waals surface area (Å²) >= 11 is 0. The van der Waals surface area contributed by atoms with Crippen molar-refractivity contribution in [2.24, 2.45) is 5.92 Å². The van der Waals surface area contributed by atoms with Crippen LogP contribution in [-0.2, 0) is 9.53 Å². The highest BCUT2D eigenvalue weighted by Gasteiger charge is 2.24. The Kier molecular flexibility index (Phi) is 3.65. The van der Waals surface area contributed by atoms with Crippen molar-refractivity contribution in [2.75, 3.05) is 13.7 Å². The Morgan fingerprint density at radius 2 is 2.19 bits per heavy atom. The van der Waals surface area contributed by atoms with Crippen LogP contribution in [0.4, 0.5) is 0 Å². The topological polar surface area (TPSA) is 38.3 Å². The monoisotopic (exact) mass is 221 g/mol. The molecule has 16 heavy (non-hydrogen) atoms. The predicted molar refractivity (Wildman–Crippen MR) is 62.8 cm³/mol. The Morgan fingerprint density at radius 3 is 2.81 bits per heavy atom. The number of carbonyl (C=O) groups is 1. The Hall–Kier alpha value is -1.25. The minimum atomic E-state index is -0.00342. The van der Waals surface area contributed by atoms with Crippen molar-refractivity contribution < 1.29 is 9.53 Å². The van der Waals surface area contributed by atoms with Gasteiger partial charge in [0.15, 0.2) is 0 Å². The van der Waals surface area contributed by atoms with Crippen molar-refractivity contribution in [3.05, 3.63) is 23.4 Å². The summed E-state index contributed by atoms with van der Waals surface area (Å²) in [5.74, 6) is 0.162. The first-order valence-corrected chi connectivity index (χ1v) is 6.02. The van der Waals surface area contributed by atoms with E-state index in [0.29, 0.717) is 6.61 Å². The maximum atomic E-state index is 11.7. The zero-order valence-electron chi connectivity index (χ0n) is 9.79. The average Bonchev–Trinajstić information content (AvgIpc) is 2.96. The molecule has 2 aliphatic carbocycles. The van der Waals surface area contributed by atoms with E-state index in [2.05, 4.69) is 5.32 Å². The fourth-order valence-corrected chi connectivity index (χ4v) is 2.29. The second kappa shape index (κ2) is 5.19. The summed E-state index contributed by atoms with van der Waals surface area (Å²) in [4.78, 5) is 11.7. The van der Waals surface area contributed by atoms with Gasteiger partial charge in [0.25, 0.3) is 0 Å². The molecule has 0 spiro atoms. The Balaban J connectivity index is 1.70. The smallest absolute Gasteiger partial charge is 0.309 e. The number of hydrogen-bond acceptors (Lipinski definition) is 3. The lowest BCUT2D eigenvalue weighted by Gasteiger charge is -2.10. The molecule has 0 heterocycles. The molecule has 0 aromatic heterocycles. The van der Waals surface area contributed by atoms with Gasteiger partial charge in [-0.15, -0.1) is 0 Å². The molecule has 0 saturated heterocycles. The van der Waals surface area contributed by atoms with E-state index < -0.39 is 0 Å². The van der Waals surface area contributed by atoms with Crippen LogP contribution >= 0.6 is 0 Å². The van der Waals surface area contributed by atoms with E-state index in [4.69, 9.17) is 4.74 Å². The van der Waals surface area contributed by atoms with Crippen molar-refractivity contribution in [3.8, 4) is 0 Å². The van der Waals surface area contributed by atoms with Crippen LogP contribution in [-0.4, -0.2) is 19.6 Å². The molecule has 2 aliphatic rings. The molecule has 1 saturated carbocycles. The lowest BCUT2D eigenvalue weighted by atomic mass is 10.1. The van der Waals surface area contributed by atoms with Crippen LogP contribution in [0.1, 0.15) is 32.1 Å². The molecular formula is C13H19NO2. The number of esters is 1. The summed E-state index contributed by atoms with van der Waals surface area (Å²) in [5.41, 5.74) is 2.36. The van der Waals surface area contributed by atoms with E-state index in [9.17, 15) is 4.79 Å². The summed E-state index contributed by atoms with van der Waals surface area (Å²) in [6, 6.07) is 0. The fraction of sp³-hybridized carbons (Fsp3) is 0.615. The molecule has 0 bridgehead atoms. The SMILES string of the molecule is CNC1=CC=C(COC(=O)C2CCCC2)C1. The molecule has 0 aliphatic heterocycles. The highest BCUT2D eigenvalue weighted by Crippen LogP contribution is 2.26. The van der Waals surface area contributed by atoms with Crippen LogP contribution in [0.3, 0.4) is 0 Å².